The molecule has 1 nitrogen and oxygen atoms in total. The number of hydrogen-bond donors (Lipinski definition) is 1. The zero-order chi connectivity index (χ0) is 11.5. The van der Waals surface area contributed by atoms with Crippen LogP contribution in [0, 0.1) is 17.8 Å². The second-order valence-electron chi connectivity index (χ2n) is 6.82. The van der Waals surface area contributed by atoms with Gasteiger partial charge in [-0.3, -0.25) is 0 Å². The van der Waals surface area contributed by atoms with Crippen LogP contribution >= 0.6 is 12.4 Å². The fraction of sp³-hybridized carbons (Fsp3) is 0.625. The normalized spacial score (nSPS) is 40.6. The van der Waals surface area contributed by atoms with E-state index in [1.807, 2.05) is 0 Å². The van der Waals surface area contributed by atoms with Crippen LogP contribution in [0.1, 0.15) is 44.1 Å². The first-order valence-electron chi connectivity index (χ1n) is 7.09. The predicted octanol–water partition coefficient (Wildman–Crippen LogP) is 4.16. The lowest BCUT2D eigenvalue weighted by molar-refractivity contribution is -0.00517. The highest BCUT2D eigenvalue weighted by molar-refractivity contribution is 5.85. The van der Waals surface area contributed by atoms with Crippen LogP contribution in [0.3, 0.4) is 0 Å². The summed E-state index contributed by atoms with van der Waals surface area (Å²) in [6, 6.07) is 8.77. The molecule has 4 saturated carbocycles. The molecule has 2 N–H and O–H groups in total. The average Bonchev–Trinajstić information content (AvgIpc) is 2.27. The molecule has 1 aromatic carbocycles. The van der Waals surface area contributed by atoms with Gasteiger partial charge in [-0.1, -0.05) is 12.1 Å². The summed E-state index contributed by atoms with van der Waals surface area (Å²) in [5, 5.41) is 0. The van der Waals surface area contributed by atoms with Crippen LogP contribution in [-0.4, -0.2) is 0 Å². The van der Waals surface area contributed by atoms with Crippen molar-refractivity contribution >= 4 is 18.1 Å². The maximum atomic E-state index is 5.82. The molecule has 0 atom stereocenters. The smallest absolute Gasteiger partial charge is 0.0314 e. The number of nitrogens with two attached hydrogens (primary N) is 1. The Labute approximate surface area is 116 Å². The van der Waals surface area contributed by atoms with Crippen molar-refractivity contribution in [3.63, 3.8) is 0 Å². The summed E-state index contributed by atoms with van der Waals surface area (Å²) in [6.07, 6.45) is 8.91. The van der Waals surface area contributed by atoms with E-state index >= 15 is 0 Å². The number of nitrogen functional groups attached to an aromatic ring is 1. The lowest BCUT2D eigenvalue weighted by atomic mass is 9.48. The minimum atomic E-state index is 0. The highest BCUT2D eigenvalue weighted by atomic mass is 35.5. The predicted molar refractivity (Wildman–Crippen MR) is 78.0 cm³/mol. The number of hydrogen-bond acceptors (Lipinski definition) is 1. The van der Waals surface area contributed by atoms with Crippen molar-refractivity contribution in [2.75, 3.05) is 5.73 Å². The third-order valence-corrected chi connectivity index (χ3v) is 5.56. The molecule has 98 valence electrons. The summed E-state index contributed by atoms with van der Waals surface area (Å²) in [6.45, 7) is 0. The number of halogens is 1. The molecule has 0 heterocycles. The van der Waals surface area contributed by atoms with Crippen LogP contribution in [0.5, 0.6) is 0 Å². The van der Waals surface area contributed by atoms with Crippen molar-refractivity contribution in [2.45, 2.75) is 43.9 Å². The molecule has 2 heteroatoms. The summed E-state index contributed by atoms with van der Waals surface area (Å²) in [5.74, 6) is 3.08. The van der Waals surface area contributed by atoms with E-state index < -0.39 is 0 Å². The van der Waals surface area contributed by atoms with Crippen LogP contribution in [-0.2, 0) is 5.41 Å². The van der Waals surface area contributed by atoms with E-state index in [9.17, 15) is 0 Å². The third kappa shape index (κ3) is 1.75. The first-order chi connectivity index (χ1) is 8.23. The van der Waals surface area contributed by atoms with E-state index in [1.165, 1.54) is 38.5 Å². The van der Waals surface area contributed by atoms with Crippen LogP contribution in [0.4, 0.5) is 5.69 Å². The fourth-order valence-electron chi connectivity index (χ4n) is 5.30. The second-order valence-corrected chi connectivity index (χ2v) is 6.82. The van der Waals surface area contributed by atoms with Gasteiger partial charge in [0.05, 0.1) is 0 Å². The minimum Gasteiger partial charge on any atom is -0.399 e. The van der Waals surface area contributed by atoms with Crippen LogP contribution in [0.2, 0.25) is 0 Å². The van der Waals surface area contributed by atoms with Crippen molar-refractivity contribution < 1.29 is 0 Å². The maximum absolute atomic E-state index is 5.82. The Morgan fingerprint density at radius 3 is 1.72 bits per heavy atom. The van der Waals surface area contributed by atoms with Gasteiger partial charge >= 0.3 is 0 Å². The maximum Gasteiger partial charge on any atom is 0.0314 e. The van der Waals surface area contributed by atoms with Gasteiger partial charge in [0.25, 0.3) is 0 Å². The van der Waals surface area contributed by atoms with E-state index in [1.54, 1.807) is 5.56 Å². The zero-order valence-electron chi connectivity index (χ0n) is 10.8. The van der Waals surface area contributed by atoms with Gasteiger partial charge in [-0.15, -0.1) is 12.4 Å². The van der Waals surface area contributed by atoms with Gasteiger partial charge < -0.3 is 5.73 Å². The first kappa shape index (κ1) is 12.3. The van der Waals surface area contributed by atoms with Gasteiger partial charge in [-0.25, -0.2) is 0 Å². The molecule has 0 spiro atoms. The fourth-order valence-corrected chi connectivity index (χ4v) is 5.30. The molecule has 1 aromatic rings. The molecule has 4 aliphatic carbocycles. The van der Waals surface area contributed by atoms with Crippen molar-refractivity contribution in [1.82, 2.24) is 0 Å². The van der Waals surface area contributed by atoms with Crippen LogP contribution in [0.15, 0.2) is 24.3 Å². The van der Waals surface area contributed by atoms with Crippen LogP contribution in [0.25, 0.3) is 0 Å². The van der Waals surface area contributed by atoms with Crippen molar-refractivity contribution in [3.05, 3.63) is 29.8 Å². The van der Waals surface area contributed by atoms with Crippen molar-refractivity contribution in [2.24, 2.45) is 17.8 Å². The molecule has 0 aromatic heterocycles. The van der Waals surface area contributed by atoms with Crippen molar-refractivity contribution in [3.8, 4) is 0 Å². The Kier molecular flexibility index (Phi) is 2.85. The number of rotatable bonds is 1. The monoisotopic (exact) mass is 263 g/mol. The second kappa shape index (κ2) is 4.16. The summed E-state index contributed by atoms with van der Waals surface area (Å²) in [5.41, 5.74) is 8.82. The highest BCUT2D eigenvalue weighted by Gasteiger charge is 2.51. The average molecular weight is 264 g/mol. The topological polar surface area (TPSA) is 26.0 Å². The van der Waals surface area contributed by atoms with Gasteiger partial charge in [-0.05, 0) is 79.4 Å². The Morgan fingerprint density at radius 2 is 1.28 bits per heavy atom. The molecular weight excluding hydrogens is 242 g/mol. The molecule has 0 radical (unpaired) electrons. The molecule has 0 unspecified atom stereocenters. The van der Waals surface area contributed by atoms with E-state index in [-0.39, 0.29) is 12.4 Å². The lowest BCUT2D eigenvalue weighted by Crippen LogP contribution is -2.48. The van der Waals surface area contributed by atoms with Crippen molar-refractivity contribution in [1.29, 1.82) is 0 Å². The largest absolute Gasteiger partial charge is 0.399 e. The number of anilines is 1. The van der Waals surface area contributed by atoms with E-state index in [4.69, 9.17) is 5.73 Å². The van der Waals surface area contributed by atoms with E-state index in [0.29, 0.717) is 5.41 Å². The molecule has 5 rings (SSSR count). The van der Waals surface area contributed by atoms with Gasteiger partial charge in [0.1, 0.15) is 0 Å². The van der Waals surface area contributed by atoms with E-state index in [2.05, 4.69) is 24.3 Å². The Hall–Kier alpha value is -0.690. The Balaban J connectivity index is 0.000001000. The standard InChI is InChI=1S/C16H21N.ClH/c17-15-3-1-14(2-4-15)16-8-11-5-12(9-16)7-13(6-11)10-16;/h1-4,11-13H,5-10,17H2;1H. The van der Waals surface area contributed by atoms with Gasteiger partial charge in [0.2, 0.25) is 0 Å². The summed E-state index contributed by atoms with van der Waals surface area (Å²) in [7, 11) is 0. The highest BCUT2D eigenvalue weighted by Crippen LogP contribution is 2.60. The lowest BCUT2D eigenvalue weighted by Gasteiger charge is -2.57. The molecular formula is C16H22ClN. The molecule has 0 amide bonds. The van der Waals surface area contributed by atoms with Crippen LogP contribution < -0.4 is 5.73 Å². The molecule has 4 fully saturated rings. The number of benzene rings is 1. The summed E-state index contributed by atoms with van der Waals surface area (Å²) < 4.78 is 0. The van der Waals surface area contributed by atoms with Gasteiger partial charge in [-0.2, -0.15) is 0 Å². The zero-order valence-corrected chi connectivity index (χ0v) is 11.6. The van der Waals surface area contributed by atoms with Gasteiger partial charge in [0, 0.05) is 5.69 Å². The summed E-state index contributed by atoms with van der Waals surface area (Å²) in [4.78, 5) is 0. The first-order valence-corrected chi connectivity index (χ1v) is 7.09. The van der Waals surface area contributed by atoms with Gasteiger partial charge in [0.15, 0.2) is 0 Å². The molecule has 0 saturated heterocycles. The quantitative estimate of drug-likeness (QED) is 0.757. The molecule has 4 bridgehead atoms. The third-order valence-electron chi connectivity index (χ3n) is 5.56. The molecule has 0 aliphatic heterocycles. The molecule has 4 aliphatic rings. The minimum absolute atomic E-state index is 0. The van der Waals surface area contributed by atoms with E-state index in [0.717, 1.165) is 23.4 Å². The summed E-state index contributed by atoms with van der Waals surface area (Å²) >= 11 is 0. The molecule has 18 heavy (non-hydrogen) atoms. The Bertz CT molecular complexity index is 402. The Morgan fingerprint density at radius 1 is 0.833 bits per heavy atom. The SMILES string of the molecule is Cl.Nc1ccc(C23CC4CC(CC(C4)C2)C3)cc1.